The number of benzene rings is 3. The first-order valence-electron chi connectivity index (χ1n) is 9.31. The minimum Gasteiger partial charge on any atom is -0.454 e. The van der Waals surface area contributed by atoms with E-state index >= 15 is 0 Å². The second-order valence-corrected chi connectivity index (χ2v) is 7.17. The van der Waals surface area contributed by atoms with Crippen molar-refractivity contribution in [3.8, 4) is 0 Å². The number of carbonyl (C=O) groups excluding carboxylic acids is 2. The van der Waals surface area contributed by atoms with Crippen molar-refractivity contribution >= 4 is 23.5 Å². The van der Waals surface area contributed by atoms with Crippen LogP contribution in [0.3, 0.4) is 0 Å². The summed E-state index contributed by atoms with van der Waals surface area (Å²) < 4.78 is 5.60. The summed E-state index contributed by atoms with van der Waals surface area (Å²) in [5, 5.41) is 0.528. The van der Waals surface area contributed by atoms with Gasteiger partial charge in [0, 0.05) is 24.2 Å². The quantitative estimate of drug-likeness (QED) is 0.504. The molecule has 0 aliphatic carbocycles. The first-order valence-corrected chi connectivity index (χ1v) is 9.69. The lowest BCUT2D eigenvalue weighted by molar-refractivity contribution is 0.0334. The summed E-state index contributed by atoms with van der Waals surface area (Å²) in [5.74, 6) is -0.804. The monoisotopic (exact) mass is 407 g/mol. The van der Waals surface area contributed by atoms with Gasteiger partial charge in [-0.3, -0.25) is 4.79 Å². The molecule has 3 aromatic rings. The van der Waals surface area contributed by atoms with Gasteiger partial charge < -0.3 is 9.64 Å². The molecule has 0 fully saturated rings. The number of rotatable bonds is 6. The predicted octanol–water partition coefficient (Wildman–Crippen LogP) is 5.53. The van der Waals surface area contributed by atoms with Gasteiger partial charge in [0.25, 0.3) is 5.91 Å². The Bertz CT molecular complexity index is 1000. The molecule has 4 nitrogen and oxygen atoms in total. The lowest BCUT2D eigenvalue weighted by Crippen LogP contribution is -2.28. The standard InChI is InChI=1S/C24H22ClNO3/c1-17(19-12-8-9-15-22(19)25)29-24(28)21-14-7-6-13-20(21)23(27)26(2)16-18-10-4-3-5-11-18/h3-15,17H,16H2,1-2H3/t17-/m1/s1. The van der Waals surface area contributed by atoms with Crippen molar-refractivity contribution in [2.24, 2.45) is 0 Å². The van der Waals surface area contributed by atoms with Crippen LogP contribution in [-0.4, -0.2) is 23.8 Å². The van der Waals surface area contributed by atoms with E-state index in [2.05, 4.69) is 0 Å². The topological polar surface area (TPSA) is 46.6 Å². The molecule has 0 unspecified atom stereocenters. The molecule has 0 saturated heterocycles. The number of hydrogen-bond donors (Lipinski definition) is 0. The van der Waals surface area contributed by atoms with Crippen LogP contribution < -0.4 is 0 Å². The van der Waals surface area contributed by atoms with Crippen LogP contribution in [0.4, 0.5) is 0 Å². The van der Waals surface area contributed by atoms with Gasteiger partial charge in [0.2, 0.25) is 0 Å². The maximum atomic E-state index is 13.0. The van der Waals surface area contributed by atoms with E-state index in [1.54, 1.807) is 49.2 Å². The second-order valence-electron chi connectivity index (χ2n) is 6.76. The molecule has 3 rings (SSSR count). The van der Waals surface area contributed by atoms with Gasteiger partial charge in [0.15, 0.2) is 0 Å². The normalized spacial score (nSPS) is 11.6. The Morgan fingerprint density at radius 1 is 0.897 bits per heavy atom. The van der Waals surface area contributed by atoms with E-state index in [1.807, 2.05) is 48.5 Å². The van der Waals surface area contributed by atoms with Crippen LogP contribution in [0.5, 0.6) is 0 Å². The largest absolute Gasteiger partial charge is 0.454 e. The first-order chi connectivity index (χ1) is 14.0. The van der Waals surface area contributed by atoms with Crippen LogP contribution in [-0.2, 0) is 11.3 Å². The number of esters is 1. The number of amides is 1. The highest BCUT2D eigenvalue weighted by Crippen LogP contribution is 2.26. The van der Waals surface area contributed by atoms with Crippen LogP contribution in [0.1, 0.15) is 44.9 Å². The Morgan fingerprint density at radius 2 is 1.48 bits per heavy atom. The van der Waals surface area contributed by atoms with Crippen molar-refractivity contribution in [2.45, 2.75) is 19.6 Å². The van der Waals surface area contributed by atoms with E-state index in [0.29, 0.717) is 22.7 Å². The summed E-state index contributed by atoms with van der Waals surface area (Å²) in [6, 6.07) is 23.6. The molecular weight excluding hydrogens is 386 g/mol. The highest BCUT2D eigenvalue weighted by Gasteiger charge is 2.23. The Morgan fingerprint density at radius 3 is 2.17 bits per heavy atom. The first kappa shape index (κ1) is 20.6. The molecule has 3 aromatic carbocycles. The minimum atomic E-state index is -0.561. The Balaban J connectivity index is 1.78. The van der Waals surface area contributed by atoms with Crippen LogP contribution >= 0.6 is 11.6 Å². The van der Waals surface area contributed by atoms with Crippen molar-refractivity contribution in [3.63, 3.8) is 0 Å². The Labute approximate surface area is 175 Å². The summed E-state index contributed by atoms with van der Waals surface area (Å²) in [5.41, 5.74) is 2.27. The fraction of sp³-hybridized carbons (Fsp3) is 0.167. The third-order valence-electron chi connectivity index (χ3n) is 4.61. The molecule has 0 N–H and O–H groups in total. The molecule has 0 aromatic heterocycles. The minimum absolute atomic E-state index is 0.233. The molecule has 0 saturated carbocycles. The molecule has 29 heavy (non-hydrogen) atoms. The highest BCUT2D eigenvalue weighted by molar-refractivity contribution is 6.31. The summed E-state index contributed by atoms with van der Waals surface area (Å²) in [7, 11) is 1.71. The van der Waals surface area contributed by atoms with Crippen molar-refractivity contribution in [1.82, 2.24) is 4.90 Å². The van der Waals surface area contributed by atoms with E-state index in [1.165, 1.54) is 0 Å². The third kappa shape index (κ3) is 5.04. The molecule has 1 amide bonds. The zero-order chi connectivity index (χ0) is 20.8. The number of nitrogens with zero attached hydrogens (tertiary/aromatic N) is 1. The zero-order valence-electron chi connectivity index (χ0n) is 16.3. The van der Waals surface area contributed by atoms with E-state index in [-0.39, 0.29) is 11.5 Å². The Hall–Kier alpha value is -3.11. The van der Waals surface area contributed by atoms with Gasteiger partial charge in [-0.1, -0.05) is 72.3 Å². The maximum Gasteiger partial charge on any atom is 0.339 e. The maximum absolute atomic E-state index is 13.0. The van der Waals surface area contributed by atoms with Gasteiger partial charge in [-0.25, -0.2) is 4.79 Å². The van der Waals surface area contributed by atoms with Crippen molar-refractivity contribution in [3.05, 3.63) is 106 Å². The van der Waals surface area contributed by atoms with Crippen LogP contribution in [0.25, 0.3) is 0 Å². The molecule has 148 valence electrons. The lowest BCUT2D eigenvalue weighted by atomic mass is 10.1. The van der Waals surface area contributed by atoms with Crippen molar-refractivity contribution in [1.29, 1.82) is 0 Å². The molecular formula is C24H22ClNO3. The average Bonchev–Trinajstić information content (AvgIpc) is 2.74. The summed E-state index contributed by atoms with van der Waals surface area (Å²) in [6.45, 7) is 2.20. The predicted molar refractivity (Wildman–Crippen MR) is 114 cm³/mol. The van der Waals surface area contributed by atoms with Gasteiger partial charge in [-0.05, 0) is 30.7 Å². The van der Waals surface area contributed by atoms with Gasteiger partial charge in [0.1, 0.15) is 6.10 Å². The van der Waals surface area contributed by atoms with E-state index in [0.717, 1.165) is 5.56 Å². The molecule has 0 aliphatic rings. The van der Waals surface area contributed by atoms with Crippen molar-refractivity contribution < 1.29 is 14.3 Å². The van der Waals surface area contributed by atoms with Crippen molar-refractivity contribution in [2.75, 3.05) is 7.05 Å². The number of ether oxygens (including phenoxy) is 1. The van der Waals surface area contributed by atoms with E-state index < -0.39 is 12.1 Å². The van der Waals surface area contributed by atoms with Crippen LogP contribution in [0.2, 0.25) is 5.02 Å². The summed E-state index contributed by atoms with van der Waals surface area (Å²) in [4.78, 5) is 27.4. The van der Waals surface area contributed by atoms with Crippen LogP contribution in [0, 0.1) is 0 Å². The number of carbonyl (C=O) groups is 2. The lowest BCUT2D eigenvalue weighted by Gasteiger charge is -2.20. The molecule has 0 bridgehead atoms. The summed E-state index contributed by atoms with van der Waals surface area (Å²) in [6.07, 6.45) is -0.540. The fourth-order valence-corrected chi connectivity index (χ4v) is 3.36. The molecule has 0 radical (unpaired) electrons. The van der Waals surface area contributed by atoms with E-state index in [4.69, 9.17) is 16.3 Å². The Kier molecular flexibility index (Phi) is 6.68. The summed E-state index contributed by atoms with van der Waals surface area (Å²) >= 11 is 6.20. The van der Waals surface area contributed by atoms with Gasteiger partial charge in [-0.15, -0.1) is 0 Å². The van der Waals surface area contributed by atoms with Gasteiger partial charge in [-0.2, -0.15) is 0 Å². The second kappa shape index (κ2) is 9.39. The zero-order valence-corrected chi connectivity index (χ0v) is 17.1. The molecule has 1 atom stereocenters. The number of halogens is 1. The fourth-order valence-electron chi connectivity index (χ4n) is 3.07. The third-order valence-corrected chi connectivity index (χ3v) is 4.96. The highest BCUT2D eigenvalue weighted by atomic mass is 35.5. The molecule has 0 heterocycles. The molecule has 5 heteroatoms. The van der Waals surface area contributed by atoms with Gasteiger partial charge >= 0.3 is 5.97 Å². The molecule has 0 aliphatic heterocycles. The number of hydrogen-bond acceptors (Lipinski definition) is 3. The average molecular weight is 408 g/mol. The molecule has 0 spiro atoms. The van der Waals surface area contributed by atoms with Gasteiger partial charge in [0.05, 0.1) is 11.1 Å². The SMILES string of the molecule is C[C@@H](OC(=O)c1ccccc1C(=O)N(C)Cc1ccccc1)c1ccccc1Cl. The van der Waals surface area contributed by atoms with Crippen LogP contribution in [0.15, 0.2) is 78.9 Å². The van der Waals surface area contributed by atoms with E-state index in [9.17, 15) is 9.59 Å². The smallest absolute Gasteiger partial charge is 0.339 e.